The largest absolute Gasteiger partial charge is 0.372 e. The third-order valence-electron chi connectivity index (χ3n) is 3.61. The molecule has 1 aliphatic heterocycles. The zero-order valence-electron chi connectivity index (χ0n) is 9.66. The number of carbonyl (C=O) groups excluding carboxylic acids is 1. The number of hydrogen-bond donors (Lipinski definition) is 2. The fourth-order valence-electron chi connectivity index (χ4n) is 2.16. The number of nitrogens with one attached hydrogen (secondary N) is 1. The van der Waals surface area contributed by atoms with Gasteiger partial charge in [0.05, 0.1) is 18.8 Å². The van der Waals surface area contributed by atoms with E-state index >= 15 is 0 Å². The number of hydrogen-bond acceptors (Lipinski definition) is 3. The van der Waals surface area contributed by atoms with E-state index in [1.54, 1.807) is 0 Å². The second kappa shape index (κ2) is 3.82. The van der Waals surface area contributed by atoms with Gasteiger partial charge in [-0.05, 0) is 36.1 Å². The topological polar surface area (TPSA) is 64.3 Å². The molecule has 0 aromatic heterocycles. The fourth-order valence-corrected chi connectivity index (χ4v) is 2.16. The smallest absolute Gasteiger partial charge is 0.251 e. The van der Waals surface area contributed by atoms with Gasteiger partial charge >= 0.3 is 0 Å². The van der Waals surface area contributed by atoms with Gasteiger partial charge in [0.2, 0.25) is 0 Å². The van der Waals surface area contributed by atoms with Crippen molar-refractivity contribution in [3.63, 3.8) is 0 Å². The van der Waals surface area contributed by atoms with Crippen LogP contribution >= 0.6 is 0 Å². The Kier molecular flexibility index (Phi) is 2.42. The van der Waals surface area contributed by atoms with E-state index in [0.29, 0.717) is 25.3 Å². The van der Waals surface area contributed by atoms with Crippen molar-refractivity contribution >= 4 is 5.91 Å². The minimum atomic E-state index is -0.132. The van der Waals surface area contributed by atoms with Crippen molar-refractivity contribution < 1.29 is 9.53 Å². The summed E-state index contributed by atoms with van der Waals surface area (Å²) in [6, 6.07) is 5.75. The van der Waals surface area contributed by atoms with Gasteiger partial charge < -0.3 is 15.8 Å². The van der Waals surface area contributed by atoms with E-state index in [1.807, 2.05) is 18.2 Å². The van der Waals surface area contributed by atoms with E-state index in [-0.39, 0.29) is 11.4 Å². The SMILES string of the molecule is NCC1(NC(=O)c2ccc3c(c2)COC3)CC1. The van der Waals surface area contributed by atoms with Gasteiger partial charge in [-0.1, -0.05) is 6.07 Å². The van der Waals surface area contributed by atoms with Crippen LogP contribution < -0.4 is 11.1 Å². The number of fused-ring (bicyclic) bond motifs is 1. The van der Waals surface area contributed by atoms with Crippen molar-refractivity contribution in [2.24, 2.45) is 5.73 Å². The minimum Gasteiger partial charge on any atom is -0.372 e. The summed E-state index contributed by atoms with van der Waals surface area (Å²) in [4.78, 5) is 12.1. The molecule has 4 nitrogen and oxygen atoms in total. The molecule has 3 rings (SSSR count). The van der Waals surface area contributed by atoms with Crippen molar-refractivity contribution in [2.45, 2.75) is 31.6 Å². The normalized spacial score (nSPS) is 19.8. The maximum Gasteiger partial charge on any atom is 0.251 e. The molecule has 1 aliphatic carbocycles. The first-order valence-corrected chi connectivity index (χ1v) is 5.95. The van der Waals surface area contributed by atoms with Gasteiger partial charge in [0.25, 0.3) is 5.91 Å². The van der Waals surface area contributed by atoms with E-state index in [2.05, 4.69) is 5.32 Å². The van der Waals surface area contributed by atoms with Crippen LogP contribution in [0.4, 0.5) is 0 Å². The third kappa shape index (κ3) is 1.94. The number of amides is 1. The van der Waals surface area contributed by atoms with Gasteiger partial charge in [0.15, 0.2) is 0 Å². The molecule has 0 spiro atoms. The number of nitrogens with two attached hydrogens (primary N) is 1. The maximum absolute atomic E-state index is 12.1. The lowest BCUT2D eigenvalue weighted by atomic mass is 10.1. The summed E-state index contributed by atoms with van der Waals surface area (Å²) in [5.41, 5.74) is 8.52. The van der Waals surface area contributed by atoms with Crippen LogP contribution in [0.3, 0.4) is 0 Å². The molecule has 4 heteroatoms. The summed E-state index contributed by atoms with van der Waals surface area (Å²) in [5, 5.41) is 3.02. The summed E-state index contributed by atoms with van der Waals surface area (Å²) < 4.78 is 5.33. The van der Waals surface area contributed by atoms with Crippen LogP contribution in [-0.2, 0) is 18.0 Å². The van der Waals surface area contributed by atoms with Crippen molar-refractivity contribution in [3.05, 3.63) is 34.9 Å². The molecule has 1 heterocycles. The Hall–Kier alpha value is -1.39. The monoisotopic (exact) mass is 232 g/mol. The second-order valence-electron chi connectivity index (χ2n) is 4.91. The zero-order valence-corrected chi connectivity index (χ0v) is 9.66. The Balaban J connectivity index is 1.78. The highest BCUT2D eigenvalue weighted by Gasteiger charge is 2.42. The molecular formula is C13H16N2O2. The lowest BCUT2D eigenvalue weighted by Gasteiger charge is -2.15. The lowest BCUT2D eigenvalue weighted by Crippen LogP contribution is -2.42. The van der Waals surface area contributed by atoms with Gasteiger partial charge in [-0.2, -0.15) is 0 Å². The van der Waals surface area contributed by atoms with Crippen LogP contribution in [0.2, 0.25) is 0 Å². The van der Waals surface area contributed by atoms with E-state index in [1.165, 1.54) is 5.56 Å². The first-order valence-electron chi connectivity index (χ1n) is 5.95. The number of ether oxygens (including phenoxy) is 1. The van der Waals surface area contributed by atoms with Crippen molar-refractivity contribution in [1.82, 2.24) is 5.32 Å². The molecule has 0 bridgehead atoms. The summed E-state index contributed by atoms with van der Waals surface area (Å²) in [7, 11) is 0. The van der Waals surface area contributed by atoms with Gasteiger partial charge in [-0.25, -0.2) is 0 Å². The van der Waals surface area contributed by atoms with Crippen molar-refractivity contribution in [3.8, 4) is 0 Å². The predicted molar refractivity (Wildman–Crippen MR) is 63.4 cm³/mol. The number of carbonyl (C=O) groups is 1. The number of benzene rings is 1. The van der Waals surface area contributed by atoms with Crippen molar-refractivity contribution in [2.75, 3.05) is 6.54 Å². The third-order valence-corrected chi connectivity index (χ3v) is 3.61. The first kappa shape index (κ1) is 10.7. The Labute approximate surface area is 100 Å². The van der Waals surface area contributed by atoms with Gasteiger partial charge in [-0.3, -0.25) is 4.79 Å². The molecule has 17 heavy (non-hydrogen) atoms. The van der Waals surface area contributed by atoms with Gasteiger partial charge in [0.1, 0.15) is 0 Å². The molecule has 90 valence electrons. The van der Waals surface area contributed by atoms with Gasteiger partial charge in [-0.15, -0.1) is 0 Å². The quantitative estimate of drug-likeness (QED) is 0.815. The molecule has 1 saturated carbocycles. The molecule has 0 radical (unpaired) electrons. The van der Waals surface area contributed by atoms with Crippen LogP contribution in [0.5, 0.6) is 0 Å². The highest BCUT2D eigenvalue weighted by molar-refractivity contribution is 5.95. The molecule has 0 atom stereocenters. The molecular weight excluding hydrogens is 216 g/mol. The van der Waals surface area contributed by atoms with Crippen LogP contribution in [0, 0.1) is 0 Å². The Morgan fingerprint density at radius 2 is 2.12 bits per heavy atom. The summed E-state index contributed by atoms with van der Waals surface area (Å²) in [6.07, 6.45) is 1.98. The Morgan fingerprint density at radius 3 is 2.82 bits per heavy atom. The van der Waals surface area contributed by atoms with E-state index in [4.69, 9.17) is 10.5 Å². The Morgan fingerprint density at radius 1 is 1.35 bits per heavy atom. The van der Waals surface area contributed by atoms with Crippen LogP contribution in [0.25, 0.3) is 0 Å². The highest BCUT2D eigenvalue weighted by atomic mass is 16.5. The predicted octanol–water partition coefficient (Wildman–Crippen LogP) is 0.938. The highest BCUT2D eigenvalue weighted by Crippen LogP contribution is 2.34. The fraction of sp³-hybridized carbons (Fsp3) is 0.462. The summed E-state index contributed by atoms with van der Waals surface area (Å²) >= 11 is 0. The molecule has 1 fully saturated rings. The average Bonchev–Trinajstić information content (AvgIpc) is 2.96. The molecule has 1 aromatic carbocycles. The van der Waals surface area contributed by atoms with E-state index < -0.39 is 0 Å². The van der Waals surface area contributed by atoms with Crippen LogP contribution in [-0.4, -0.2) is 18.0 Å². The molecule has 3 N–H and O–H groups in total. The number of rotatable bonds is 3. The molecule has 0 unspecified atom stereocenters. The van der Waals surface area contributed by atoms with Crippen molar-refractivity contribution in [1.29, 1.82) is 0 Å². The Bertz CT molecular complexity index is 466. The minimum absolute atomic E-state index is 0.0253. The molecule has 1 aromatic rings. The summed E-state index contributed by atoms with van der Waals surface area (Å²) in [5.74, 6) is -0.0253. The molecule has 0 saturated heterocycles. The average molecular weight is 232 g/mol. The standard InChI is InChI=1S/C13H16N2O2/c14-8-13(3-4-13)15-12(16)9-1-2-10-6-17-7-11(10)5-9/h1-2,5H,3-4,6-8,14H2,(H,15,16). The van der Waals surface area contributed by atoms with Gasteiger partial charge in [0, 0.05) is 12.1 Å². The first-order chi connectivity index (χ1) is 8.22. The summed E-state index contributed by atoms with van der Waals surface area (Å²) in [6.45, 7) is 1.79. The van der Waals surface area contributed by atoms with Crippen LogP contribution in [0.1, 0.15) is 34.3 Å². The zero-order chi connectivity index (χ0) is 11.9. The van der Waals surface area contributed by atoms with E-state index in [0.717, 1.165) is 18.4 Å². The van der Waals surface area contributed by atoms with E-state index in [9.17, 15) is 4.79 Å². The molecule has 2 aliphatic rings. The lowest BCUT2D eigenvalue weighted by molar-refractivity contribution is 0.0933. The molecule has 1 amide bonds. The van der Waals surface area contributed by atoms with Crippen LogP contribution in [0.15, 0.2) is 18.2 Å². The maximum atomic E-state index is 12.1. The second-order valence-corrected chi connectivity index (χ2v) is 4.91.